The summed E-state index contributed by atoms with van der Waals surface area (Å²) in [7, 11) is 4.23. The van der Waals surface area contributed by atoms with Crippen molar-refractivity contribution < 1.29 is 24.2 Å². The van der Waals surface area contributed by atoms with Gasteiger partial charge in [-0.2, -0.15) is 0 Å². The number of benzene rings is 3. The number of phenolic OH excluding ortho intramolecular Hbond substituents is 1. The van der Waals surface area contributed by atoms with Crippen LogP contribution in [-0.4, -0.2) is 45.1 Å². The zero-order valence-electron chi connectivity index (χ0n) is 24.6. The molecule has 1 saturated carbocycles. The molecule has 230 valence electrons. The van der Waals surface area contributed by atoms with E-state index in [1.165, 1.54) is 35.5 Å². The number of allylic oxidation sites excluding steroid dienone is 2. The topological polar surface area (TPSA) is 125 Å². The van der Waals surface area contributed by atoms with Crippen LogP contribution < -0.4 is 25.8 Å². The Balaban J connectivity index is 1.58. The number of fused-ring (bicyclic) bond motifs is 4. The summed E-state index contributed by atoms with van der Waals surface area (Å²) >= 11 is 6.34. The number of carbonyl (C=O) groups is 2. The summed E-state index contributed by atoms with van der Waals surface area (Å²) in [5.41, 5.74) is -0.340. The van der Waals surface area contributed by atoms with Crippen molar-refractivity contribution in [2.24, 2.45) is 13.0 Å². The summed E-state index contributed by atoms with van der Waals surface area (Å²) < 4.78 is 14.8. The van der Waals surface area contributed by atoms with Crippen LogP contribution in [0.1, 0.15) is 29.5 Å². The van der Waals surface area contributed by atoms with Gasteiger partial charge in [-0.3, -0.25) is 9.59 Å². The number of aromatic hydroxyl groups is 1. The lowest BCUT2D eigenvalue weighted by Crippen LogP contribution is -2.53. The van der Waals surface area contributed by atoms with Gasteiger partial charge in [-0.25, -0.2) is 28.4 Å². The number of nitrogens with zero attached hydrogens (tertiary/aromatic N) is 4. The Labute approximate surface area is 262 Å². The number of methoxy groups -OCH3 is 2. The third kappa shape index (κ3) is 3.83. The second-order valence-electron chi connectivity index (χ2n) is 11.5. The van der Waals surface area contributed by atoms with Gasteiger partial charge in [0.1, 0.15) is 0 Å². The van der Waals surface area contributed by atoms with Crippen molar-refractivity contribution in [3.8, 4) is 17.2 Å². The minimum absolute atomic E-state index is 0.0780. The quantitative estimate of drug-likeness (QED) is 0.265. The van der Waals surface area contributed by atoms with Crippen molar-refractivity contribution in [2.45, 2.75) is 30.3 Å². The van der Waals surface area contributed by atoms with Crippen LogP contribution in [0.15, 0.2) is 88.0 Å². The van der Waals surface area contributed by atoms with Crippen molar-refractivity contribution >= 4 is 29.1 Å². The molecular weight excluding hydrogens is 600 g/mol. The van der Waals surface area contributed by atoms with Crippen LogP contribution in [-0.2, 0) is 28.6 Å². The van der Waals surface area contributed by atoms with Gasteiger partial charge in [0.25, 0.3) is 0 Å². The molecule has 4 atom stereocenters. The van der Waals surface area contributed by atoms with Crippen LogP contribution in [0.4, 0.5) is 5.69 Å². The second kappa shape index (κ2) is 10.3. The number of aromatic nitrogens is 3. The van der Waals surface area contributed by atoms with Crippen LogP contribution in [0.3, 0.4) is 0 Å². The Kier molecular flexibility index (Phi) is 6.55. The van der Waals surface area contributed by atoms with E-state index in [1.54, 1.807) is 36.4 Å². The van der Waals surface area contributed by atoms with Gasteiger partial charge in [0.05, 0.1) is 43.8 Å². The Bertz CT molecular complexity index is 2020. The van der Waals surface area contributed by atoms with Gasteiger partial charge in [0.2, 0.25) is 17.6 Å². The molecule has 0 unspecified atom stereocenters. The van der Waals surface area contributed by atoms with E-state index in [-0.39, 0.29) is 30.2 Å². The first-order chi connectivity index (χ1) is 21.6. The fourth-order valence-electron chi connectivity index (χ4n) is 7.57. The molecule has 45 heavy (non-hydrogen) atoms. The molecule has 1 N–H and O–H groups in total. The average Bonchev–Trinajstić information content (AvgIpc) is 3.41. The summed E-state index contributed by atoms with van der Waals surface area (Å²) in [6.07, 6.45) is 1.94. The van der Waals surface area contributed by atoms with Crippen molar-refractivity contribution in [3.05, 3.63) is 115 Å². The molecule has 1 aliphatic carbocycles. The first-order valence-corrected chi connectivity index (χ1v) is 14.8. The molecule has 0 radical (unpaired) electrons. The maximum atomic E-state index is 15.2. The molecule has 1 saturated heterocycles. The number of rotatable bonds is 5. The van der Waals surface area contributed by atoms with Crippen LogP contribution in [0.5, 0.6) is 17.2 Å². The van der Waals surface area contributed by atoms with E-state index in [0.717, 1.165) is 4.57 Å². The summed E-state index contributed by atoms with van der Waals surface area (Å²) in [6, 6.07) is 18.2. The second-order valence-corrected chi connectivity index (χ2v) is 11.9. The van der Waals surface area contributed by atoms with E-state index in [0.29, 0.717) is 27.4 Å². The Morgan fingerprint density at radius 2 is 1.60 bits per heavy atom. The number of amides is 2. The highest BCUT2D eigenvalue weighted by Crippen LogP contribution is 2.63. The molecule has 1 aromatic heterocycles. The SMILES string of the molecule is COc1cc([C@H]2C3=CCn4c(=O)n(C)c(=O)n4[C@@H]3C[C@H]3C(=O)N(c4cccc(Cl)c4)C(=O)[C@@]23c2ccccc2)cc(OC)c1O. The first-order valence-electron chi connectivity index (χ1n) is 14.4. The standard InChI is InChI=1S/C33H29ClN4O7/c1-35-31(42)36-13-12-22-24(38(36)32(35)43)17-23-29(40)37(21-11-7-10-20(34)16-21)30(41)33(23,19-8-5-4-6-9-19)27(22)18-14-25(44-2)28(39)26(15-18)45-3/h4-12,14-16,23-24,27,39H,13,17H2,1-3H3/t23-,24+,27-,33+/m0/s1. The van der Waals surface area contributed by atoms with Gasteiger partial charge in [0, 0.05) is 18.0 Å². The van der Waals surface area contributed by atoms with Gasteiger partial charge in [0.15, 0.2) is 11.5 Å². The molecule has 7 rings (SSSR count). The fourth-order valence-corrected chi connectivity index (χ4v) is 7.75. The minimum atomic E-state index is -1.49. The third-order valence-corrected chi connectivity index (χ3v) is 9.69. The molecule has 0 spiro atoms. The molecule has 3 aliphatic rings. The highest BCUT2D eigenvalue weighted by Gasteiger charge is 2.68. The van der Waals surface area contributed by atoms with Gasteiger partial charge in [-0.15, -0.1) is 0 Å². The molecular formula is C33H29ClN4O7. The highest BCUT2D eigenvalue weighted by molar-refractivity contribution is 6.32. The molecule has 12 heteroatoms. The van der Waals surface area contributed by atoms with Gasteiger partial charge in [-0.1, -0.05) is 54.1 Å². The Morgan fingerprint density at radius 1 is 0.911 bits per heavy atom. The lowest BCUT2D eigenvalue weighted by Gasteiger charge is -2.49. The van der Waals surface area contributed by atoms with Gasteiger partial charge in [-0.05, 0) is 53.5 Å². The number of phenols is 1. The van der Waals surface area contributed by atoms with E-state index >= 15 is 4.79 Å². The molecule has 2 amide bonds. The highest BCUT2D eigenvalue weighted by atomic mass is 35.5. The first kappa shape index (κ1) is 28.7. The maximum absolute atomic E-state index is 15.2. The van der Waals surface area contributed by atoms with Crippen LogP contribution in [0.2, 0.25) is 5.02 Å². The largest absolute Gasteiger partial charge is 0.502 e. The van der Waals surface area contributed by atoms with Crippen LogP contribution in [0, 0.1) is 5.92 Å². The fraction of sp³-hybridized carbons (Fsp3) is 0.273. The maximum Gasteiger partial charge on any atom is 0.347 e. The van der Waals surface area contributed by atoms with Crippen molar-refractivity contribution in [1.82, 2.24) is 13.9 Å². The van der Waals surface area contributed by atoms with E-state index in [1.807, 2.05) is 36.4 Å². The van der Waals surface area contributed by atoms with Gasteiger partial charge < -0.3 is 14.6 Å². The zero-order chi connectivity index (χ0) is 31.8. The number of carbonyl (C=O) groups excluding carboxylic acids is 2. The molecule has 3 heterocycles. The van der Waals surface area contributed by atoms with Crippen molar-refractivity contribution in [2.75, 3.05) is 19.1 Å². The van der Waals surface area contributed by atoms with E-state index in [9.17, 15) is 19.5 Å². The van der Waals surface area contributed by atoms with Gasteiger partial charge >= 0.3 is 11.4 Å². The molecule has 11 nitrogen and oxygen atoms in total. The number of imide groups is 1. The third-order valence-electron chi connectivity index (χ3n) is 9.46. The Morgan fingerprint density at radius 3 is 2.24 bits per heavy atom. The lowest BCUT2D eigenvalue weighted by molar-refractivity contribution is -0.124. The number of ether oxygens (including phenoxy) is 2. The van der Waals surface area contributed by atoms with Crippen LogP contribution in [0.25, 0.3) is 0 Å². The molecule has 2 aliphatic heterocycles. The predicted octanol–water partition coefficient (Wildman–Crippen LogP) is 3.52. The molecule has 3 aromatic carbocycles. The molecule has 0 bridgehead atoms. The molecule has 4 aromatic rings. The summed E-state index contributed by atoms with van der Waals surface area (Å²) in [5.74, 6) is -2.70. The summed E-state index contributed by atoms with van der Waals surface area (Å²) in [5, 5.41) is 11.2. The Hall–Kier alpha value is -5.03. The number of halogens is 1. The van der Waals surface area contributed by atoms with E-state index in [2.05, 4.69) is 0 Å². The lowest BCUT2D eigenvalue weighted by atomic mass is 9.53. The molecule has 2 fully saturated rings. The number of hydrogen-bond acceptors (Lipinski definition) is 7. The predicted molar refractivity (Wildman–Crippen MR) is 165 cm³/mol. The van der Waals surface area contributed by atoms with E-state index < -0.39 is 46.5 Å². The smallest absolute Gasteiger partial charge is 0.347 e. The summed E-state index contributed by atoms with van der Waals surface area (Å²) in [4.78, 5) is 57.6. The number of anilines is 1. The minimum Gasteiger partial charge on any atom is -0.502 e. The normalized spacial score (nSPS) is 23.7. The van der Waals surface area contributed by atoms with Crippen molar-refractivity contribution in [3.63, 3.8) is 0 Å². The van der Waals surface area contributed by atoms with Crippen LogP contribution >= 0.6 is 11.6 Å². The summed E-state index contributed by atoms with van der Waals surface area (Å²) in [6.45, 7) is 0.0826. The average molecular weight is 629 g/mol. The number of hydrogen-bond donors (Lipinski definition) is 1. The van der Waals surface area contributed by atoms with E-state index in [4.69, 9.17) is 21.1 Å². The zero-order valence-corrected chi connectivity index (χ0v) is 25.4. The monoisotopic (exact) mass is 628 g/mol. The van der Waals surface area contributed by atoms with Crippen molar-refractivity contribution in [1.29, 1.82) is 0 Å².